The Kier molecular flexibility index (Phi) is 7.14. The molecule has 0 unspecified atom stereocenters. The molecular formula is C20H24N2O4. The summed E-state index contributed by atoms with van der Waals surface area (Å²) in [6.45, 7) is 4.43. The molecule has 0 atom stereocenters. The highest BCUT2D eigenvalue weighted by Gasteiger charge is 2.18. The van der Waals surface area contributed by atoms with Crippen LogP contribution in [0.15, 0.2) is 48.8 Å². The highest BCUT2D eigenvalue weighted by Crippen LogP contribution is 2.16. The lowest BCUT2D eigenvalue weighted by Gasteiger charge is -2.23. The summed E-state index contributed by atoms with van der Waals surface area (Å²) in [6.07, 6.45) is 3.59. The first-order valence-corrected chi connectivity index (χ1v) is 8.54. The highest BCUT2D eigenvalue weighted by atomic mass is 16.5. The predicted molar refractivity (Wildman–Crippen MR) is 97.8 cm³/mol. The number of hydrogen-bond acceptors (Lipinski definition) is 4. The van der Waals surface area contributed by atoms with E-state index in [0.717, 1.165) is 11.1 Å². The van der Waals surface area contributed by atoms with Crippen LogP contribution in [0, 0.1) is 5.92 Å². The van der Waals surface area contributed by atoms with Crippen LogP contribution in [0.3, 0.4) is 0 Å². The molecule has 0 radical (unpaired) electrons. The number of rotatable bonds is 9. The zero-order valence-corrected chi connectivity index (χ0v) is 15.1. The largest absolute Gasteiger partial charge is 0.489 e. The van der Waals surface area contributed by atoms with Crippen molar-refractivity contribution in [2.24, 2.45) is 5.92 Å². The maximum atomic E-state index is 12.5. The summed E-state index contributed by atoms with van der Waals surface area (Å²) in [5, 5.41) is 9.02. The standard InChI is InChI=1S/C20H24N2O4/c1-15(2)12-22(13-20(24)25)19(23)10-16-5-3-7-18(9-16)26-14-17-6-4-8-21-11-17/h3-9,11,15H,10,12-14H2,1-2H3,(H,24,25). The van der Waals surface area contributed by atoms with E-state index in [0.29, 0.717) is 18.9 Å². The number of carboxylic acid groups (broad SMARTS) is 1. The monoisotopic (exact) mass is 356 g/mol. The molecule has 1 amide bonds. The van der Waals surface area contributed by atoms with Crippen molar-refractivity contribution < 1.29 is 19.4 Å². The highest BCUT2D eigenvalue weighted by molar-refractivity contribution is 5.83. The first kappa shape index (κ1) is 19.4. The minimum absolute atomic E-state index is 0.143. The Bertz CT molecular complexity index is 732. The van der Waals surface area contributed by atoms with E-state index >= 15 is 0 Å². The zero-order chi connectivity index (χ0) is 18.9. The Morgan fingerprint density at radius 3 is 2.62 bits per heavy atom. The first-order valence-electron chi connectivity index (χ1n) is 8.54. The van der Waals surface area contributed by atoms with E-state index in [1.54, 1.807) is 12.4 Å². The van der Waals surface area contributed by atoms with Gasteiger partial charge in [0.05, 0.1) is 6.42 Å². The smallest absolute Gasteiger partial charge is 0.323 e. The number of aromatic nitrogens is 1. The molecule has 1 aromatic heterocycles. The van der Waals surface area contributed by atoms with Crippen LogP contribution in [0.2, 0.25) is 0 Å². The van der Waals surface area contributed by atoms with E-state index in [4.69, 9.17) is 9.84 Å². The summed E-state index contributed by atoms with van der Waals surface area (Å²) >= 11 is 0. The fourth-order valence-electron chi connectivity index (χ4n) is 2.54. The molecule has 26 heavy (non-hydrogen) atoms. The summed E-state index contributed by atoms with van der Waals surface area (Å²) in [6, 6.07) is 11.1. The van der Waals surface area contributed by atoms with E-state index in [2.05, 4.69) is 4.98 Å². The number of carboxylic acids is 1. The van der Waals surface area contributed by atoms with E-state index in [9.17, 15) is 9.59 Å². The third-order valence-corrected chi connectivity index (χ3v) is 3.65. The van der Waals surface area contributed by atoms with Gasteiger partial charge in [0.1, 0.15) is 18.9 Å². The molecular weight excluding hydrogens is 332 g/mol. The number of benzene rings is 1. The number of carbonyl (C=O) groups excluding carboxylic acids is 1. The van der Waals surface area contributed by atoms with Crippen LogP contribution in [0.5, 0.6) is 5.75 Å². The number of aliphatic carboxylic acids is 1. The second-order valence-electron chi connectivity index (χ2n) is 6.54. The van der Waals surface area contributed by atoms with Gasteiger partial charge in [-0.3, -0.25) is 14.6 Å². The molecule has 6 heteroatoms. The molecule has 0 aliphatic carbocycles. The molecule has 1 aromatic carbocycles. The topological polar surface area (TPSA) is 79.7 Å². The van der Waals surface area contributed by atoms with Gasteiger partial charge in [-0.15, -0.1) is 0 Å². The number of pyridine rings is 1. The van der Waals surface area contributed by atoms with Crippen LogP contribution in [0.1, 0.15) is 25.0 Å². The summed E-state index contributed by atoms with van der Waals surface area (Å²) < 4.78 is 5.74. The molecule has 2 rings (SSSR count). The van der Waals surface area contributed by atoms with Gasteiger partial charge in [0.2, 0.25) is 5.91 Å². The van der Waals surface area contributed by atoms with Crippen LogP contribution in [-0.2, 0) is 22.6 Å². The van der Waals surface area contributed by atoms with Crippen LogP contribution in [0.4, 0.5) is 0 Å². The van der Waals surface area contributed by atoms with Crippen LogP contribution >= 0.6 is 0 Å². The van der Waals surface area contributed by atoms with Crippen molar-refractivity contribution >= 4 is 11.9 Å². The number of ether oxygens (including phenoxy) is 1. The molecule has 0 saturated heterocycles. The van der Waals surface area contributed by atoms with Crippen molar-refractivity contribution in [2.75, 3.05) is 13.1 Å². The Labute approximate surface area is 153 Å². The number of nitrogens with zero attached hydrogens (tertiary/aromatic N) is 2. The summed E-state index contributed by atoms with van der Waals surface area (Å²) in [5.74, 6) is -0.349. The Morgan fingerprint density at radius 1 is 1.19 bits per heavy atom. The molecule has 0 aliphatic heterocycles. The molecule has 2 aromatic rings. The zero-order valence-electron chi connectivity index (χ0n) is 15.1. The second-order valence-corrected chi connectivity index (χ2v) is 6.54. The van der Waals surface area contributed by atoms with E-state index in [1.807, 2.05) is 50.2 Å². The Morgan fingerprint density at radius 2 is 1.96 bits per heavy atom. The molecule has 1 N–H and O–H groups in total. The maximum Gasteiger partial charge on any atom is 0.323 e. The van der Waals surface area contributed by atoms with Crippen molar-refractivity contribution in [3.8, 4) is 5.75 Å². The van der Waals surface area contributed by atoms with Gasteiger partial charge in [0.25, 0.3) is 0 Å². The number of amides is 1. The van der Waals surface area contributed by atoms with Gasteiger partial charge < -0.3 is 14.7 Å². The second kappa shape index (κ2) is 9.56. The predicted octanol–water partition coefficient (Wildman–Crippen LogP) is 2.77. The minimum Gasteiger partial charge on any atom is -0.489 e. The van der Waals surface area contributed by atoms with Gasteiger partial charge in [-0.2, -0.15) is 0 Å². The molecule has 0 aliphatic rings. The molecule has 1 heterocycles. The van der Waals surface area contributed by atoms with Crippen LogP contribution in [-0.4, -0.2) is 40.0 Å². The normalized spacial score (nSPS) is 10.6. The summed E-state index contributed by atoms with van der Waals surface area (Å²) in [4.78, 5) is 28.9. The number of hydrogen-bond donors (Lipinski definition) is 1. The fraction of sp³-hybridized carbons (Fsp3) is 0.350. The van der Waals surface area contributed by atoms with Crippen molar-refractivity contribution in [1.82, 2.24) is 9.88 Å². The van der Waals surface area contributed by atoms with Gasteiger partial charge >= 0.3 is 5.97 Å². The van der Waals surface area contributed by atoms with Gasteiger partial charge in [0.15, 0.2) is 0 Å². The lowest BCUT2D eigenvalue weighted by Crippen LogP contribution is -2.39. The Hall–Kier alpha value is -2.89. The minimum atomic E-state index is -1.01. The van der Waals surface area contributed by atoms with Gasteiger partial charge in [-0.25, -0.2) is 0 Å². The average molecular weight is 356 g/mol. The third kappa shape index (κ3) is 6.55. The van der Waals surface area contributed by atoms with Crippen molar-refractivity contribution in [1.29, 1.82) is 0 Å². The lowest BCUT2D eigenvalue weighted by molar-refractivity contribution is -0.144. The fourth-order valence-corrected chi connectivity index (χ4v) is 2.54. The maximum absolute atomic E-state index is 12.5. The molecule has 6 nitrogen and oxygen atoms in total. The van der Waals surface area contributed by atoms with Crippen LogP contribution < -0.4 is 4.74 Å². The molecule has 0 bridgehead atoms. The van der Waals surface area contributed by atoms with Gasteiger partial charge in [-0.1, -0.05) is 32.0 Å². The molecule has 0 fully saturated rings. The first-order chi connectivity index (χ1) is 12.4. The number of carbonyl (C=O) groups is 2. The summed E-state index contributed by atoms with van der Waals surface area (Å²) in [7, 11) is 0. The van der Waals surface area contributed by atoms with Gasteiger partial charge in [-0.05, 0) is 29.7 Å². The van der Waals surface area contributed by atoms with E-state index in [1.165, 1.54) is 4.90 Å². The van der Waals surface area contributed by atoms with Crippen molar-refractivity contribution in [3.05, 3.63) is 59.9 Å². The van der Waals surface area contributed by atoms with E-state index < -0.39 is 5.97 Å². The van der Waals surface area contributed by atoms with Gasteiger partial charge in [0, 0.05) is 24.5 Å². The third-order valence-electron chi connectivity index (χ3n) is 3.65. The van der Waals surface area contributed by atoms with Crippen LogP contribution in [0.25, 0.3) is 0 Å². The van der Waals surface area contributed by atoms with Crippen molar-refractivity contribution in [3.63, 3.8) is 0 Å². The molecule has 0 saturated carbocycles. The van der Waals surface area contributed by atoms with E-state index in [-0.39, 0.29) is 24.8 Å². The SMILES string of the molecule is CC(C)CN(CC(=O)O)C(=O)Cc1cccc(OCc2cccnc2)c1. The Balaban J connectivity index is 1.99. The molecule has 138 valence electrons. The quantitative estimate of drug-likeness (QED) is 0.747. The average Bonchev–Trinajstić information content (AvgIpc) is 2.60. The van der Waals surface area contributed by atoms with Crippen molar-refractivity contribution in [2.45, 2.75) is 26.9 Å². The molecule has 0 spiro atoms. The lowest BCUT2D eigenvalue weighted by atomic mass is 10.1. The summed E-state index contributed by atoms with van der Waals surface area (Å²) in [5.41, 5.74) is 1.75.